The summed E-state index contributed by atoms with van der Waals surface area (Å²) < 4.78 is 70.3. The number of nitrogens with one attached hydrogen (secondary N) is 2. The zero-order valence-corrected chi connectivity index (χ0v) is 19.8. The predicted molar refractivity (Wildman–Crippen MR) is 126 cm³/mol. The molecule has 3 aromatic rings. The first-order valence-corrected chi connectivity index (χ1v) is 12.2. The molecule has 1 aromatic heterocycles. The van der Waals surface area contributed by atoms with Crippen LogP contribution in [0.25, 0.3) is 0 Å². The van der Waals surface area contributed by atoms with Crippen LogP contribution in [0.3, 0.4) is 0 Å². The van der Waals surface area contributed by atoms with Gasteiger partial charge in [-0.1, -0.05) is 30.3 Å². The summed E-state index contributed by atoms with van der Waals surface area (Å²) in [6.07, 6.45) is -3.52. The molecule has 3 amide bonds. The summed E-state index contributed by atoms with van der Waals surface area (Å²) in [6.45, 7) is -0.244. The van der Waals surface area contributed by atoms with E-state index in [1.54, 1.807) is 30.3 Å². The molecular formula is C23H20F3N5O5S. The second kappa shape index (κ2) is 10.4. The third-order valence-electron chi connectivity index (χ3n) is 5.11. The molecule has 4 rings (SSSR count). The van der Waals surface area contributed by atoms with Gasteiger partial charge in [-0.3, -0.25) is 9.52 Å². The quantitative estimate of drug-likeness (QED) is 0.405. The largest absolute Gasteiger partial charge is 0.573 e. The van der Waals surface area contributed by atoms with Crippen LogP contribution < -0.4 is 19.1 Å². The molecule has 0 unspecified atom stereocenters. The van der Waals surface area contributed by atoms with E-state index in [2.05, 4.69) is 19.2 Å². The first-order valence-electron chi connectivity index (χ1n) is 10.7. The molecule has 2 N–H and O–H groups in total. The zero-order chi connectivity index (χ0) is 26.6. The molecule has 10 nitrogen and oxygen atoms in total. The maximum atomic E-state index is 12.9. The lowest BCUT2D eigenvalue weighted by Gasteiger charge is -2.18. The maximum Gasteiger partial charge on any atom is 0.573 e. The van der Waals surface area contributed by atoms with E-state index in [-0.39, 0.29) is 31.1 Å². The molecule has 1 fully saturated rings. The van der Waals surface area contributed by atoms with E-state index in [1.807, 2.05) is 6.07 Å². The lowest BCUT2D eigenvalue weighted by atomic mass is 10.2. The van der Waals surface area contributed by atoms with Crippen molar-refractivity contribution in [3.05, 3.63) is 84.1 Å². The molecular weight excluding hydrogens is 515 g/mol. The van der Waals surface area contributed by atoms with Crippen LogP contribution in [0, 0.1) is 0 Å². The van der Waals surface area contributed by atoms with Crippen LogP contribution in [0.15, 0.2) is 72.9 Å². The monoisotopic (exact) mass is 535 g/mol. The lowest BCUT2D eigenvalue weighted by Crippen LogP contribution is -2.33. The van der Waals surface area contributed by atoms with Crippen molar-refractivity contribution in [2.75, 3.05) is 16.2 Å². The van der Waals surface area contributed by atoms with Crippen molar-refractivity contribution in [3.63, 3.8) is 0 Å². The Kier molecular flexibility index (Phi) is 7.31. The number of imide groups is 1. The number of ether oxygens (including phenoxy) is 1. The minimum atomic E-state index is -4.87. The number of urea groups is 1. The van der Waals surface area contributed by atoms with Crippen LogP contribution >= 0.6 is 0 Å². The van der Waals surface area contributed by atoms with Gasteiger partial charge in [0.05, 0.1) is 5.69 Å². The third kappa shape index (κ3) is 6.95. The molecule has 2 heterocycles. The van der Waals surface area contributed by atoms with Crippen LogP contribution in [-0.2, 0) is 28.1 Å². The molecule has 0 radical (unpaired) electrons. The van der Waals surface area contributed by atoms with Gasteiger partial charge in [0.25, 0.3) is 5.91 Å². The summed E-state index contributed by atoms with van der Waals surface area (Å²) in [7, 11) is -3.94. The number of alkyl halides is 3. The Balaban J connectivity index is 1.39. The Labute approximate surface area is 209 Å². The first kappa shape index (κ1) is 25.9. The number of pyridine rings is 1. The summed E-state index contributed by atoms with van der Waals surface area (Å²) in [5.41, 5.74) is 1.34. The topological polar surface area (TPSA) is 121 Å². The molecule has 0 atom stereocenters. The van der Waals surface area contributed by atoms with E-state index in [1.165, 1.54) is 29.3 Å². The van der Waals surface area contributed by atoms with Crippen molar-refractivity contribution >= 4 is 33.7 Å². The molecule has 0 aliphatic carbocycles. The molecule has 1 saturated heterocycles. The Morgan fingerprint density at radius 3 is 2.35 bits per heavy atom. The van der Waals surface area contributed by atoms with Crippen molar-refractivity contribution in [3.8, 4) is 5.75 Å². The molecule has 14 heteroatoms. The summed E-state index contributed by atoms with van der Waals surface area (Å²) >= 11 is 0. The normalized spacial score (nSPS) is 14.2. The minimum absolute atomic E-state index is 0.00754. The molecule has 0 saturated carbocycles. The van der Waals surface area contributed by atoms with E-state index in [0.717, 1.165) is 22.6 Å². The van der Waals surface area contributed by atoms with E-state index < -0.39 is 34.3 Å². The average molecular weight is 536 g/mol. The van der Waals surface area contributed by atoms with Gasteiger partial charge in [0, 0.05) is 19.3 Å². The number of anilines is 2. The highest BCUT2D eigenvalue weighted by Gasteiger charge is 2.37. The second-order valence-corrected chi connectivity index (χ2v) is 9.37. The fraction of sp³-hybridized carbons (Fsp3) is 0.174. The number of halogens is 3. The van der Waals surface area contributed by atoms with Crippen LogP contribution in [0.2, 0.25) is 0 Å². The Hall–Kier alpha value is -4.17. The number of amides is 3. The summed E-state index contributed by atoms with van der Waals surface area (Å²) in [4.78, 5) is 31.4. The van der Waals surface area contributed by atoms with E-state index in [0.29, 0.717) is 5.56 Å². The molecule has 0 bridgehead atoms. The van der Waals surface area contributed by atoms with Gasteiger partial charge in [-0.15, -0.1) is 13.2 Å². The van der Waals surface area contributed by atoms with Gasteiger partial charge < -0.3 is 9.64 Å². The Bertz CT molecular complexity index is 1390. The van der Waals surface area contributed by atoms with Gasteiger partial charge in [-0.25, -0.2) is 14.7 Å². The predicted octanol–water partition coefficient (Wildman–Crippen LogP) is 3.40. The minimum Gasteiger partial charge on any atom is -0.406 e. The fourth-order valence-corrected chi connectivity index (χ4v) is 4.34. The van der Waals surface area contributed by atoms with Gasteiger partial charge in [0.2, 0.25) is 0 Å². The van der Waals surface area contributed by atoms with Crippen LogP contribution in [0.1, 0.15) is 11.1 Å². The number of hydrogen-bond donors (Lipinski definition) is 2. The molecule has 2 aromatic carbocycles. The summed E-state index contributed by atoms with van der Waals surface area (Å²) in [5.74, 6) is -1.06. The van der Waals surface area contributed by atoms with E-state index in [9.17, 15) is 31.2 Å². The number of rotatable bonds is 9. The van der Waals surface area contributed by atoms with E-state index >= 15 is 0 Å². The van der Waals surface area contributed by atoms with Gasteiger partial charge in [0.1, 0.15) is 18.1 Å². The van der Waals surface area contributed by atoms with Crippen molar-refractivity contribution < 1.29 is 35.9 Å². The molecule has 194 valence electrons. The van der Waals surface area contributed by atoms with Crippen molar-refractivity contribution in [2.45, 2.75) is 19.5 Å². The smallest absolute Gasteiger partial charge is 0.406 e. The highest BCUT2D eigenvalue weighted by Crippen LogP contribution is 2.28. The van der Waals surface area contributed by atoms with Gasteiger partial charge in [0.15, 0.2) is 0 Å². The molecule has 37 heavy (non-hydrogen) atoms. The SMILES string of the molecule is O=C1CN(Cc2ccnc(NS(=O)(=O)NCc3ccccc3)c2)C(=O)N1c1ccc(OC(F)(F)F)cc1. The average Bonchev–Trinajstić information content (AvgIpc) is 3.10. The van der Waals surface area contributed by atoms with Crippen LogP contribution in [-0.4, -0.2) is 43.1 Å². The Morgan fingerprint density at radius 2 is 1.68 bits per heavy atom. The maximum absolute atomic E-state index is 12.9. The summed E-state index contributed by atoms with van der Waals surface area (Å²) in [5, 5.41) is 0. The standard InChI is InChI=1S/C23H20F3N5O5S/c24-23(25,26)36-19-8-6-18(7-9-19)31-21(32)15-30(22(31)33)14-17-10-11-27-20(12-17)29-37(34,35)28-13-16-4-2-1-3-5-16/h1-12,28H,13-15H2,(H,27,29). The van der Waals surface area contributed by atoms with Crippen molar-refractivity contribution in [2.24, 2.45) is 0 Å². The highest BCUT2D eigenvalue weighted by atomic mass is 32.2. The second-order valence-electron chi connectivity index (χ2n) is 7.87. The third-order valence-corrected chi connectivity index (χ3v) is 6.11. The molecule has 1 aliphatic rings. The van der Waals surface area contributed by atoms with Crippen LogP contribution in [0.5, 0.6) is 5.75 Å². The zero-order valence-electron chi connectivity index (χ0n) is 19.0. The van der Waals surface area contributed by atoms with E-state index in [4.69, 9.17) is 0 Å². The van der Waals surface area contributed by atoms with Gasteiger partial charge in [-0.05, 0) is 47.5 Å². The van der Waals surface area contributed by atoms with Crippen molar-refractivity contribution in [1.29, 1.82) is 0 Å². The number of nitrogens with zero attached hydrogens (tertiary/aromatic N) is 3. The van der Waals surface area contributed by atoms with Gasteiger partial charge in [-0.2, -0.15) is 13.1 Å². The summed E-state index contributed by atoms with van der Waals surface area (Å²) in [6, 6.07) is 15.5. The number of aromatic nitrogens is 1. The van der Waals surface area contributed by atoms with Gasteiger partial charge >= 0.3 is 22.6 Å². The lowest BCUT2D eigenvalue weighted by molar-refractivity contribution is -0.274. The van der Waals surface area contributed by atoms with Crippen molar-refractivity contribution in [1.82, 2.24) is 14.6 Å². The Morgan fingerprint density at radius 1 is 0.973 bits per heavy atom. The van der Waals surface area contributed by atoms with Crippen LogP contribution in [0.4, 0.5) is 29.5 Å². The number of carbonyl (C=O) groups is 2. The molecule has 1 aliphatic heterocycles. The fourth-order valence-electron chi connectivity index (χ4n) is 3.52. The molecule has 0 spiro atoms. The first-order chi connectivity index (χ1) is 17.5. The number of benzene rings is 2. The highest BCUT2D eigenvalue weighted by molar-refractivity contribution is 7.90. The number of hydrogen-bond acceptors (Lipinski definition) is 6. The number of carbonyl (C=O) groups excluding carboxylic acids is 2.